The maximum atomic E-state index is 12.4. The first-order chi connectivity index (χ1) is 12.5. The highest BCUT2D eigenvalue weighted by Gasteiger charge is 2.50. The van der Waals surface area contributed by atoms with Crippen molar-refractivity contribution < 1.29 is 9.53 Å². The highest BCUT2D eigenvalue weighted by molar-refractivity contribution is 6.30. The number of carbonyl (C=O) groups excluding carboxylic acids is 1. The van der Waals surface area contributed by atoms with Crippen LogP contribution in [0.25, 0.3) is 0 Å². The zero-order valence-corrected chi connectivity index (χ0v) is 16.0. The van der Waals surface area contributed by atoms with E-state index in [-0.39, 0.29) is 23.3 Å². The van der Waals surface area contributed by atoms with Crippen molar-refractivity contribution in [3.05, 3.63) is 64.2 Å². The molecule has 0 spiro atoms. The van der Waals surface area contributed by atoms with Gasteiger partial charge in [0.1, 0.15) is 5.75 Å². The quantitative estimate of drug-likeness (QED) is 0.875. The summed E-state index contributed by atoms with van der Waals surface area (Å²) in [6.07, 6.45) is 3.37. The number of hydrogen-bond donors (Lipinski definition) is 1. The Bertz CT molecular complexity index is 833. The molecule has 3 unspecified atom stereocenters. The Hall–Kier alpha value is -2.00. The molecule has 1 amide bonds. The number of fused-ring (bicyclic) bond motifs is 3. The molecular formula is C22H24ClNO2. The Labute approximate surface area is 159 Å². The number of ether oxygens (including phenoxy) is 1. The summed E-state index contributed by atoms with van der Waals surface area (Å²) in [5.74, 6) is 1.29. The SMILES string of the molecule is COc1ccc(CC2CC(=O)NC3CCc4cc(Cl)ccc4C23C)cc1. The second kappa shape index (κ2) is 6.62. The Morgan fingerprint density at radius 3 is 2.73 bits per heavy atom. The molecule has 1 N–H and O–H groups in total. The van der Waals surface area contributed by atoms with Crippen molar-refractivity contribution in [1.29, 1.82) is 0 Å². The van der Waals surface area contributed by atoms with Gasteiger partial charge in [-0.2, -0.15) is 0 Å². The molecule has 2 aromatic carbocycles. The minimum atomic E-state index is -0.0774. The van der Waals surface area contributed by atoms with E-state index < -0.39 is 0 Å². The number of hydrogen-bond acceptors (Lipinski definition) is 2. The molecule has 3 atom stereocenters. The van der Waals surface area contributed by atoms with Gasteiger partial charge < -0.3 is 10.1 Å². The van der Waals surface area contributed by atoms with E-state index in [1.54, 1.807) is 7.11 Å². The fourth-order valence-electron chi connectivity index (χ4n) is 4.83. The predicted molar refractivity (Wildman–Crippen MR) is 104 cm³/mol. The van der Waals surface area contributed by atoms with Crippen LogP contribution < -0.4 is 10.1 Å². The van der Waals surface area contributed by atoms with Gasteiger partial charge in [0.2, 0.25) is 5.91 Å². The van der Waals surface area contributed by atoms with Crippen LogP contribution in [-0.4, -0.2) is 19.1 Å². The molecule has 1 aliphatic heterocycles. The van der Waals surface area contributed by atoms with Crippen LogP contribution in [-0.2, 0) is 23.1 Å². The predicted octanol–water partition coefficient (Wildman–Crippen LogP) is 4.30. The molecule has 26 heavy (non-hydrogen) atoms. The van der Waals surface area contributed by atoms with Crippen molar-refractivity contribution in [1.82, 2.24) is 5.32 Å². The Kier molecular flexibility index (Phi) is 4.44. The first-order valence-corrected chi connectivity index (χ1v) is 9.59. The van der Waals surface area contributed by atoms with Gasteiger partial charge in [-0.25, -0.2) is 0 Å². The van der Waals surface area contributed by atoms with Gasteiger partial charge in [0.25, 0.3) is 0 Å². The summed E-state index contributed by atoms with van der Waals surface area (Å²) < 4.78 is 5.26. The standard InChI is InChI=1S/C22H24ClNO2/c1-22-16(11-14-3-7-18(26-2)8-4-14)13-21(25)24-20(22)10-5-15-12-17(23)6-9-19(15)22/h3-4,6-9,12,16,20H,5,10-11,13H2,1-2H3,(H,24,25). The molecule has 1 aliphatic carbocycles. The van der Waals surface area contributed by atoms with Crippen molar-refractivity contribution in [2.24, 2.45) is 5.92 Å². The first-order valence-electron chi connectivity index (χ1n) is 9.22. The third-order valence-corrected chi connectivity index (χ3v) is 6.57. The highest BCUT2D eigenvalue weighted by Crippen LogP contribution is 2.47. The number of rotatable bonds is 3. The van der Waals surface area contributed by atoms with Gasteiger partial charge in [0, 0.05) is 22.9 Å². The number of halogens is 1. The molecule has 4 heteroatoms. The number of aryl methyl sites for hydroxylation is 1. The summed E-state index contributed by atoms with van der Waals surface area (Å²) in [5.41, 5.74) is 3.83. The van der Waals surface area contributed by atoms with E-state index in [1.165, 1.54) is 16.7 Å². The molecular weight excluding hydrogens is 346 g/mol. The maximum Gasteiger partial charge on any atom is 0.220 e. The molecule has 1 fully saturated rings. The van der Waals surface area contributed by atoms with Crippen LogP contribution in [0, 0.1) is 5.92 Å². The first kappa shape index (κ1) is 17.4. The lowest BCUT2D eigenvalue weighted by atomic mass is 9.57. The number of carbonyl (C=O) groups is 1. The molecule has 4 rings (SSSR count). The summed E-state index contributed by atoms with van der Waals surface area (Å²) in [6, 6.07) is 14.6. The fraction of sp³-hybridized carbons (Fsp3) is 0.409. The van der Waals surface area contributed by atoms with Gasteiger partial charge in [0.05, 0.1) is 7.11 Å². The Morgan fingerprint density at radius 2 is 2.00 bits per heavy atom. The lowest BCUT2D eigenvalue weighted by Crippen LogP contribution is -2.60. The molecule has 1 saturated heterocycles. The van der Waals surface area contributed by atoms with Gasteiger partial charge in [-0.15, -0.1) is 0 Å². The van der Waals surface area contributed by atoms with E-state index in [2.05, 4.69) is 36.5 Å². The number of methoxy groups -OCH3 is 1. The topological polar surface area (TPSA) is 38.3 Å². The van der Waals surface area contributed by atoms with Crippen molar-refractivity contribution >= 4 is 17.5 Å². The van der Waals surface area contributed by atoms with Gasteiger partial charge in [0.15, 0.2) is 0 Å². The van der Waals surface area contributed by atoms with Gasteiger partial charge in [-0.1, -0.05) is 36.7 Å². The number of piperidine rings is 1. The number of nitrogens with one attached hydrogen (secondary N) is 1. The van der Waals surface area contributed by atoms with E-state index in [0.717, 1.165) is 30.0 Å². The largest absolute Gasteiger partial charge is 0.497 e. The Balaban J connectivity index is 1.72. The summed E-state index contributed by atoms with van der Waals surface area (Å²) in [7, 11) is 1.68. The minimum absolute atomic E-state index is 0.0774. The third-order valence-electron chi connectivity index (χ3n) is 6.33. The van der Waals surface area contributed by atoms with E-state index in [0.29, 0.717) is 6.42 Å². The van der Waals surface area contributed by atoms with E-state index in [1.807, 2.05) is 18.2 Å². The van der Waals surface area contributed by atoms with Gasteiger partial charge in [-0.3, -0.25) is 4.79 Å². The van der Waals surface area contributed by atoms with Crippen molar-refractivity contribution in [2.45, 2.75) is 44.1 Å². The summed E-state index contributed by atoms with van der Waals surface area (Å²) >= 11 is 6.23. The summed E-state index contributed by atoms with van der Waals surface area (Å²) in [6.45, 7) is 2.32. The lowest BCUT2D eigenvalue weighted by molar-refractivity contribution is -0.127. The average molecular weight is 370 g/mol. The lowest BCUT2D eigenvalue weighted by Gasteiger charge is -2.51. The fourth-order valence-corrected chi connectivity index (χ4v) is 5.02. The molecule has 2 aliphatic rings. The van der Waals surface area contributed by atoms with Crippen LogP contribution >= 0.6 is 11.6 Å². The third kappa shape index (κ3) is 2.88. The summed E-state index contributed by atoms with van der Waals surface area (Å²) in [5, 5.41) is 4.05. The second-order valence-corrected chi connectivity index (χ2v) is 8.13. The molecule has 0 aromatic heterocycles. The molecule has 136 valence electrons. The zero-order valence-electron chi connectivity index (χ0n) is 15.2. The molecule has 3 nitrogen and oxygen atoms in total. The van der Waals surface area contributed by atoms with Gasteiger partial charge >= 0.3 is 0 Å². The van der Waals surface area contributed by atoms with Crippen LogP contribution in [0.15, 0.2) is 42.5 Å². The van der Waals surface area contributed by atoms with Crippen LogP contribution in [0.4, 0.5) is 0 Å². The van der Waals surface area contributed by atoms with Gasteiger partial charge in [-0.05, 0) is 66.1 Å². The van der Waals surface area contributed by atoms with Crippen LogP contribution in [0.3, 0.4) is 0 Å². The maximum absolute atomic E-state index is 12.4. The Morgan fingerprint density at radius 1 is 1.23 bits per heavy atom. The average Bonchev–Trinajstić information content (AvgIpc) is 2.63. The second-order valence-electron chi connectivity index (χ2n) is 7.70. The van der Waals surface area contributed by atoms with E-state index in [4.69, 9.17) is 16.3 Å². The number of benzene rings is 2. The van der Waals surface area contributed by atoms with Crippen LogP contribution in [0.5, 0.6) is 5.75 Å². The highest BCUT2D eigenvalue weighted by atomic mass is 35.5. The van der Waals surface area contributed by atoms with E-state index in [9.17, 15) is 4.79 Å². The zero-order chi connectivity index (χ0) is 18.3. The normalized spacial score (nSPS) is 27.3. The van der Waals surface area contributed by atoms with E-state index >= 15 is 0 Å². The summed E-state index contributed by atoms with van der Waals surface area (Å²) in [4.78, 5) is 12.4. The molecule has 2 aromatic rings. The molecule has 0 bridgehead atoms. The number of amides is 1. The van der Waals surface area contributed by atoms with Crippen molar-refractivity contribution in [3.8, 4) is 5.75 Å². The smallest absolute Gasteiger partial charge is 0.220 e. The van der Waals surface area contributed by atoms with Crippen LogP contribution in [0.1, 0.15) is 36.5 Å². The monoisotopic (exact) mass is 369 g/mol. The van der Waals surface area contributed by atoms with Crippen molar-refractivity contribution in [3.63, 3.8) is 0 Å². The molecule has 0 saturated carbocycles. The van der Waals surface area contributed by atoms with Crippen LogP contribution in [0.2, 0.25) is 5.02 Å². The molecule has 1 heterocycles. The minimum Gasteiger partial charge on any atom is -0.497 e. The molecule has 0 radical (unpaired) electrons. The van der Waals surface area contributed by atoms with Crippen molar-refractivity contribution in [2.75, 3.05) is 7.11 Å².